The summed E-state index contributed by atoms with van der Waals surface area (Å²) in [6.45, 7) is 1.47. The molecule has 2 heterocycles. The second-order valence-electron chi connectivity index (χ2n) is 5.06. The first kappa shape index (κ1) is 13.3. The fourth-order valence-corrected chi connectivity index (χ4v) is 2.98. The molecule has 0 radical (unpaired) electrons. The zero-order valence-corrected chi connectivity index (χ0v) is 11.8. The Labute approximate surface area is 123 Å². The molecule has 1 N–H and O–H groups in total. The van der Waals surface area contributed by atoms with E-state index in [2.05, 4.69) is 14.9 Å². The van der Waals surface area contributed by atoms with Crippen molar-refractivity contribution in [2.75, 3.05) is 18.0 Å². The lowest BCUT2D eigenvalue weighted by Crippen LogP contribution is -2.43. The van der Waals surface area contributed by atoms with Crippen LogP contribution in [-0.2, 0) is 5.60 Å². The fourth-order valence-electron chi connectivity index (χ4n) is 2.67. The van der Waals surface area contributed by atoms with Crippen molar-refractivity contribution in [3.63, 3.8) is 0 Å². The zero-order valence-electron chi connectivity index (χ0n) is 11.0. The Hall–Kier alpha value is -1.65. The second-order valence-corrected chi connectivity index (χ2v) is 5.47. The molecular weight excluding hydrogens is 274 g/mol. The summed E-state index contributed by atoms with van der Waals surface area (Å²) in [4.78, 5) is 10.5. The van der Waals surface area contributed by atoms with E-state index in [-0.39, 0.29) is 0 Å². The molecule has 1 aliphatic heterocycles. The number of piperidine rings is 1. The van der Waals surface area contributed by atoms with Crippen LogP contribution in [0.15, 0.2) is 42.9 Å². The molecule has 2 aromatic rings. The van der Waals surface area contributed by atoms with E-state index in [0.29, 0.717) is 17.9 Å². The van der Waals surface area contributed by atoms with Gasteiger partial charge in [-0.05, 0) is 18.9 Å². The lowest BCUT2D eigenvalue weighted by molar-refractivity contribution is 0.0117. The molecule has 1 saturated heterocycles. The quantitative estimate of drug-likeness (QED) is 0.923. The van der Waals surface area contributed by atoms with Gasteiger partial charge in [0.25, 0.3) is 0 Å². The molecule has 0 amide bonds. The van der Waals surface area contributed by atoms with Crippen LogP contribution in [0, 0.1) is 0 Å². The molecule has 0 saturated carbocycles. The van der Waals surface area contributed by atoms with Gasteiger partial charge in [-0.15, -0.1) is 0 Å². The van der Waals surface area contributed by atoms with Crippen molar-refractivity contribution in [1.29, 1.82) is 0 Å². The maximum Gasteiger partial charge on any atom is 0.147 e. The number of aromatic nitrogens is 2. The molecule has 0 spiro atoms. The molecule has 20 heavy (non-hydrogen) atoms. The fraction of sp³-hybridized carbons (Fsp3) is 0.333. The van der Waals surface area contributed by atoms with Gasteiger partial charge in [-0.1, -0.05) is 29.8 Å². The van der Waals surface area contributed by atoms with Crippen molar-refractivity contribution >= 4 is 17.4 Å². The van der Waals surface area contributed by atoms with Gasteiger partial charge < -0.3 is 10.0 Å². The third kappa shape index (κ3) is 2.49. The van der Waals surface area contributed by atoms with E-state index < -0.39 is 5.60 Å². The van der Waals surface area contributed by atoms with Gasteiger partial charge in [-0.2, -0.15) is 0 Å². The standard InChI is InChI=1S/C15H16ClN3O/c16-13-4-2-1-3-12(13)15(20)5-9-19(10-6-15)14-11-17-7-8-18-14/h1-4,7-8,11,20H,5-6,9-10H2. The van der Waals surface area contributed by atoms with Crippen molar-refractivity contribution in [3.05, 3.63) is 53.4 Å². The molecule has 0 unspecified atom stereocenters. The monoisotopic (exact) mass is 289 g/mol. The number of anilines is 1. The molecule has 4 nitrogen and oxygen atoms in total. The molecule has 1 aliphatic rings. The Morgan fingerprint density at radius 2 is 1.90 bits per heavy atom. The Balaban J connectivity index is 1.77. The average molecular weight is 290 g/mol. The topological polar surface area (TPSA) is 49.2 Å². The van der Waals surface area contributed by atoms with E-state index in [4.69, 9.17) is 11.6 Å². The Bertz CT molecular complexity index is 583. The molecule has 1 aromatic carbocycles. The summed E-state index contributed by atoms with van der Waals surface area (Å²) in [6, 6.07) is 7.52. The van der Waals surface area contributed by atoms with Gasteiger partial charge in [0.2, 0.25) is 0 Å². The Morgan fingerprint density at radius 3 is 2.55 bits per heavy atom. The second kappa shape index (κ2) is 5.38. The number of hydrogen-bond donors (Lipinski definition) is 1. The van der Waals surface area contributed by atoms with Crippen LogP contribution in [0.1, 0.15) is 18.4 Å². The van der Waals surface area contributed by atoms with Crippen LogP contribution in [0.25, 0.3) is 0 Å². The first-order valence-corrected chi connectivity index (χ1v) is 7.05. The predicted molar refractivity (Wildman–Crippen MR) is 78.8 cm³/mol. The molecule has 3 rings (SSSR count). The maximum absolute atomic E-state index is 10.8. The van der Waals surface area contributed by atoms with Crippen molar-refractivity contribution in [2.45, 2.75) is 18.4 Å². The molecule has 5 heteroatoms. The summed E-state index contributed by atoms with van der Waals surface area (Å²) in [5.74, 6) is 0.855. The highest BCUT2D eigenvalue weighted by Crippen LogP contribution is 2.37. The molecule has 0 atom stereocenters. The van der Waals surface area contributed by atoms with Crippen LogP contribution < -0.4 is 4.90 Å². The van der Waals surface area contributed by atoms with E-state index in [1.54, 1.807) is 18.6 Å². The Morgan fingerprint density at radius 1 is 1.15 bits per heavy atom. The third-order valence-corrected chi connectivity index (χ3v) is 4.17. The van der Waals surface area contributed by atoms with E-state index >= 15 is 0 Å². The summed E-state index contributed by atoms with van der Waals surface area (Å²) in [5.41, 5.74) is -0.0303. The Kier molecular flexibility index (Phi) is 3.59. The van der Waals surface area contributed by atoms with Crippen molar-refractivity contribution in [1.82, 2.24) is 9.97 Å². The highest BCUT2D eigenvalue weighted by Gasteiger charge is 2.35. The third-order valence-electron chi connectivity index (χ3n) is 3.84. The number of hydrogen-bond acceptors (Lipinski definition) is 4. The minimum absolute atomic E-state index is 0.628. The number of aliphatic hydroxyl groups is 1. The highest BCUT2D eigenvalue weighted by atomic mass is 35.5. The number of nitrogens with zero attached hydrogens (tertiary/aromatic N) is 3. The molecule has 104 valence electrons. The summed E-state index contributed by atoms with van der Waals surface area (Å²) < 4.78 is 0. The SMILES string of the molecule is OC1(c2ccccc2Cl)CCN(c2cnccn2)CC1. The van der Waals surface area contributed by atoms with Gasteiger partial charge in [-0.25, -0.2) is 4.98 Å². The van der Waals surface area contributed by atoms with Gasteiger partial charge in [-0.3, -0.25) is 4.98 Å². The predicted octanol–water partition coefficient (Wildman–Crippen LogP) is 2.62. The molecule has 1 aromatic heterocycles. The summed E-state index contributed by atoms with van der Waals surface area (Å²) >= 11 is 6.20. The van der Waals surface area contributed by atoms with Crippen molar-refractivity contribution in [3.8, 4) is 0 Å². The molecule has 0 bridgehead atoms. The molecule has 0 aliphatic carbocycles. The smallest absolute Gasteiger partial charge is 0.147 e. The van der Waals surface area contributed by atoms with E-state index in [0.717, 1.165) is 24.5 Å². The van der Waals surface area contributed by atoms with Gasteiger partial charge in [0.1, 0.15) is 5.82 Å². The van der Waals surface area contributed by atoms with Crippen LogP contribution in [0.5, 0.6) is 0 Å². The number of benzene rings is 1. The maximum atomic E-state index is 10.8. The van der Waals surface area contributed by atoms with Gasteiger partial charge in [0.15, 0.2) is 0 Å². The van der Waals surface area contributed by atoms with Gasteiger partial charge in [0.05, 0.1) is 11.8 Å². The number of halogens is 1. The lowest BCUT2D eigenvalue weighted by Gasteiger charge is -2.39. The minimum Gasteiger partial charge on any atom is -0.385 e. The van der Waals surface area contributed by atoms with E-state index in [9.17, 15) is 5.11 Å². The summed E-state index contributed by atoms with van der Waals surface area (Å²) in [6.07, 6.45) is 6.36. The lowest BCUT2D eigenvalue weighted by atomic mass is 9.84. The van der Waals surface area contributed by atoms with Crippen LogP contribution in [0.2, 0.25) is 5.02 Å². The van der Waals surface area contributed by atoms with Crippen LogP contribution in [-0.4, -0.2) is 28.2 Å². The molecule has 1 fully saturated rings. The number of rotatable bonds is 2. The van der Waals surface area contributed by atoms with Crippen molar-refractivity contribution < 1.29 is 5.11 Å². The first-order valence-electron chi connectivity index (χ1n) is 6.67. The zero-order chi connectivity index (χ0) is 14.0. The summed E-state index contributed by atoms with van der Waals surface area (Å²) in [5, 5.41) is 11.5. The largest absolute Gasteiger partial charge is 0.385 e. The first-order chi connectivity index (χ1) is 9.69. The van der Waals surface area contributed by atoms with Crippen LogP contribution in [0.3, 0.4) is 0 Å². The normalized spacial score (nSPS) is 18.0. The van der Waals surface area contributed by atoms with E-state index in [1.165, 1.54) is 0 Å². The average Bonchev–Trinajstić information content (AvgIpc) is 2.49. The van der Waals surface area contributed by atoms with Gasteiger partial charge in [0, 0.05) is 36.1 Å². The highest BCUT2D eigenvalue weighted by molar-refractivity contribution is 6.31. The molecular formula is C15H16ClN3O. The minimum atomic E-state index is -0.850. The summed E-state index contributed by atoms with van der Waals surface area (Å²) in [7, 11) is 0. The van der Waals surface area contributed by atoms with Crippen LogP contribution in [0.4, 0.5) is 5.82 Å². The van der Waals surface area contributed by atoms with Crippen LogP contribution >= 0.6 is 11.6 Å². The van der Waals surface area contributed by atoms with Gasteiger partial charge >= 0.3 is 0 Å². The van der Waals surface area contributed by atoms with Crippen molar-refractivity contribution in [2.24, 2.45) is 0 Å². The van der Waals surface area contributed by atoms with E-state index in [1.807, 2.05) is 24.3 Å².